The molecule has 1 unspecified atom stereocenters. The summed E-state index contributed by atoms with van der Waals surface area (Å²) in [4.78, 5) is 0. The lowest BCUT2D eigenvalue weighted by molar-refractivity contribution is 0.256. The third kappa shape index (κ3) is 13.4. The molecule has 0 amide bonds. The predicted molar refractivity (Wildman–Crippen MR) is 136 cm³/mol. The lowest BCUT2D eigenvalue weighted by atomic mass is 10.0. The van der Waals surface area contributed by atoms with Gasteiger partial charge in [0.1, 0.15) is 5.75 Å². The van der Waals surface area contributed by atoms with Crippen LogP contribution in [0.2, 0.25) is 0 Å². The van der Waals surface area contributed by atoms with Crippen LogP contribution in [0.4, 0.5) is 0 Å². The van der Waals surface area contributed by atoms with Gasteiger partial charge in [-0.05, 0) is 30.4 Å². The van der Waals surface area contributed by atoms with Crippen molar-refractivity contribution in [2.24, 2.45) is 0 Å². The van der Waals surface area contributed by atoms with E-state index in [-0.39, 0.29) is 0 Å². The fraction of sp³-hybridized carbons (Fsp3) is 0.778. The normalized spacial score (nSPS) is 13.5. The zero-order valence-corrected chi connectivity index (χ0v) is 21.8. The van der Waals surface area contributed by atoms with Crippen molar-refractivity contribution < 1.29 is 13.6 Å². The van der Waals surface area contributed by atoms with Crippen LogP contribution >= 0.6 is 7.60 Å². The highest BCUT2D eigenvalue weighted by atomic mass is 31.2. The molecule has 0 radical (unpaired) electrons. The first-order valence-corrected chi connectivity index (χ1v) is 14.8. The zero-order valence-electron chi connectivity index (χ0n) is 20.9. The van der Waals surface area contributed by atoms with Crippen molar-refractivity contribution in [3.05, 3.63) is 29.8 Å². The molecule has 1 aromatic rings. The van der Waals surface area contributed by atoms with E-state index in [1.165, 1.54) is 64.2 Å². The van der Waals surface area contributed by atoms with Crippen LogP contribution in [0, 0.1) is 0 Å². The van der Waals surface area contributed by atoms with Gasteiger partial charge >= 0.3 is 7.60 Å². The molecule has 0 N–H and O–H groups in total. The Morgan fingerprint density at radius 1 is 0.742 bits per heavy atom. The molecule has 0 bridgehead atoms. The van der Waals surface area contributed by atoms with Crippen molar-refractivity contribution in [3.8, 4) is 5.75 Å². The van der Waals surface area contributed by atoms with Crippen LogP contribution in [0.3, 0.4) is 0 Å². The molecule has 0 aliphatic carbocycles. The van der Waals surface area contributed by atoms with E-state index in [9.17, 15) is 4.57 Å². The Balaban J connectivity index is 2.27. The van der Waals surface area contributed by atoms with Gasteiger partial charge in [0, 0.05) is 0 Å². The Labute approximate surface area is 193 Å². The quantitative estimate of drug-likeness (QED) is 0.146. The molecule has 180 valence electrons. The smallest absolute Gasteiger partial charge is 0.379 e. The molecule has 0 saturated heterocycles. The minimum atomic E-state index is -3.11. The van der Waals surface area contributed by atoms with E-state index in [2.05, 4.69) is 33.8 Å². The predicted octanol–water partition coefficient (Wildman–Crippen LogP) is 9.90. The maximum atomic E-state index is 13.4. The molecule has 0 saturated carbocycles. The summed E-state index contributed by atoms with van der Waals surface area (Å²) in [6.07, 6.45) is 18.1. The summed E-state index contributed by atoms with van der Waals surface area (Å²) in [5.74, 6) is 1.04. The van der Waals surface area contributed by atoms with Gasteiger partial charge in [0.2, 0.25) is 0 Å². The van der Waals surface area contributed by atoms with Gasteiger partial charge in [0.25, 0.3) is 0 Å². The van der Waals surface area contributed by atoms with Crippen LogP contribution in [0.25, 0.3) is 0 Å². The fourth-order valence-corrected chi connectivity index (χ4v) is 5.68. The van der Waals surface area contributed by atoms with Crippen LogP contribution in [-0.2, 0) is 9.09 Å². The van der Waals surface area contributed by atoms with E-state index < -0.39 is 7.60 Å². The number of hydrogen-bond acceptors (Lipinski definition) is 3. The summed E-state index contributed by atoms with van der Waals surface area (Å²) in [5, 5.41) is 0. The monoisotopic (exact) mass is 452 g/mol. The second kappa shape index (κ2) is 17.7. The highest BCUT2D eigenvalue weighted by Crippen LogP contribution is 2.50. The SMILES string of the molecule is CCCCCCCCCCCCCCOP(=O)(CCCC)Oc1ccccc1C(C)C. The highest BCUT2D eigenvalue weighted by molar-refractivity contribution is 7.54. The number of rotatable bonds is 20. The van der Waals surface area contributed by atoms with Crippen LogP contribution in [0.1, 0.15) is 129 Å². The number of benzene rings is 1. The van der Waals surface area contributed by atoms with Crippen LogP contribution in [0.15, 0.2) is 24.3 Å². The topological polar surface area (TPSA) is 35.5 Å². The molecule has 0 aromatic heterocycles. The molecule has 3 nitrogen and oxygen atoms in total. The third-order valence-electron chi connectivity index (χ3n) is 5.85. The standard InChI is InChI=1S/C27H49O3P/c1-5-7-9-10-11-12-13-14-15-16-17-20-23-29-31(28,24-8-6-2)30-27-22-19-18-21-26(27)25(3)4/h18-19,21-22,25H,5-17,20,23-24H2,1-4H3. The summed E-state index contributed by atoms with van der Waals surface area (Å²) >= 11 is 0. The van der Waals surface area contributed by atoms with Crippen LogP contribution in [0.5, 0.6) is 5.75 Å². The fourth-order valence-electron chi connectivity index (χ4n) is 3.83. The van der Waals surface area contributed by atoms with Crippen molar-refractivity contribution in [1.82, 2.24) is 0 Å². The van der Waals surface area contributed by atoms with Crippen molar-refractivity contribution in [3.63, 3.8) is 0 Å². The second-order valence-electron chi connectivity index (χ2n) is 9.19. The van der Waals surface area contributed by atoms with E-state index in [1.807, 2.05) is 18.2 Å². The molecule has 31 heavy (non-hydrogen) atoms. The average Bonchev–Trinajstić information content (AvgIpc) is 2.76. The molecule has 0 fully saturated rings. The molecule has 1 rings (SSSR count). The van der Waals surface area contributed by atoms with Crippen LogP contribution < -0.4 is 4.52 Å². The maximum absolute atomic E-state index is 13.4. The highest BCUT2D eigenvalue weighted by Gasteiger charge is 2.26. The lowest BCUT2D eigenvalue weighted by Gasteiger charge is -2.22. The molecular weight excluding hydrogens is 403 g/mol. The number of para-hydroxylation sites is 1. The minimum Gasteiger partial charge on any atom is -0.424 e. The Kier molecular flexibility index (Phi) is 16.2. The summed E-state index contributed by atoms with van der Waals surface area (Å²) in [6.45, 7) is 9.17. The minimum absolute atomic E-state index is 0.326. The van der Waals surface area contributed by atoms with E-state index in [0.717, 1.165) is 31.2 Å². The van der Waals surface area contributed by atoms with Gasteiger partial charge < -0.3 is 4.52 Å². The molecule has 0 spiro atoms. The second-order valence-corrected chi connectivity index (χ2v) is 11.3. The Morgan fingerprint density at radius 2 is 1.26 bits per heavy atom. The Morgan fingerprint density at radius 3 is 1.81 bits per heavy atom. The van der Waals surface area contributed by atoms with Gasteiger partial charge in [0.15, 0.2) is 0 Å². The van der Waals surface area contributed by atoms with E-state index >= 15 is 0 Å². The van der Waals surface area contributed by atoms with Crippen molar-refractivity contribution in [2.75, 3.05) is 12.8 Å². The first kappa shape index (κ1) is 28.2. The summed E-state index contributed by atoms with van der Waals surface area (Å²) in [5.41, 5.74) is 1.09. The van der Waals surface area contributed by atoms with Crippen molar-refractivity contribution in [1.29, 1.82) is 0 Å². The van der Waals surface area contributed by atoms with Gasteiger partial charge in [-0.3, -0.25) is 4.52 Å². The lowest BCUT2D eigenvalue weighted by Crippen LogP contribution is -2.06. The van der Waals surface area contributed by atoms with Gasteiger partial charge in [0.05, 0.1) is 12.8 Å². The molecule has 0 aliphatic rings. The van der Waals surface area contributed by atoms with E-state index in [4.69, 9.17) is 9.05 Å². The maximum Gasteiger partial charge on any atom is 0.379 e. The molecule has 0 heterocycles. The van der Waals surface area contributed by atoms with Crippen LogP contribution in [-0.4, -0.2) is 12.8 Å². The molecule has 4 heteroatoms. The van der Waals surface area contributed by atoms with Gasteiger partial charge in [-0.2, -0.15) is 0 Å². The Bertz CT molecular complexity index is 600. The van der Waals surface area contributed by atoms with Crippen molar-refractivity contribution in [2.45, 2.75) is 124 Å². The first-order chi connectivity index (χ1) is 15.0. The largest absolute Gasteiger partial charge is 0.424 e. The molecule has 1 aromatic carbocycles. The number of hydrogen-bond donors (Lipinski definition) is 0. The van der Waals surface area contributed by atoms with Gasteiger partial charge in [-0.15, -0.1) is 0 Å². The molecular formula is C27H49O3P. The zero-order chi connectivity index (χ0) is 22.8. The molecule has 1 atom stereocenters. The molecule has 0 aliphatic heterocycles. The van der Waals surface area contributed by atoms with Crippen molar-refractivity contribution >= 4 is 7.60 Å². The number of unbranched alkanes of at least 4 members (excludes halogenated alkanes) is 12. The summed E-state index contributed by atoms with van der Waals surface area (Å²) in [7, 11) is -3.11. The first-order valence-electron chi connectivity index (χ1n) is 13.0. The van der Waals surface area contributed by atoms with E-state index in [1.54, 1.807) is 0 Å². The summed E-state index contributed by atoms with van der Waals surface area (Å²) in [6, 6.07) is 7.92. The van der Waals surface area contributed by atoms with Gasteiger partial charge in [-0.25, -0.2) is 4.57 Å². The third-order valence-corrected chi connectivity index (χ3v) is 7.76. The summed E-state index contributed by atoms with van der Waals surface area (Å²) < 4.78 is 25.3. The van der Waals surface area contributed by atoms with Gasteiger partial charge in [-0.1, -0.05) is 123 Å². The average molecular weight is 453 g/mol. The van der Waals surface area contributed by atoms with E-state index in [0.29, 0.717) is 24.4 Å². The Hall–Kier alpha value is -0.790.